The molecule has 0 unspecified atom stereocenters. The predicted molar refractivity (Wildman–Crippen MR) is 146 cm³/mol. The quantitative estimate of drug-likeness (QED) is 0.414. The molecule has 38 heavy (non-hydrogen) atoms. The molecule has 0 radical (unpaired) electrons. The molecule has 7 nitrogen and oxygen atoms in total. The lowest BCUT2D eigenvalue weighted by atomic mass is 9.74. The van der Waals surface area contributed by atoms with Crippen LogP contribution in [0.5, 0.6) is 0 Å². The third kappa shape index (κ3) is 4.33. The van der Waals surface area contributed by atoms with E-state index in [-0.39, 0.29) is 30.3 Å². The summed E-state index contributed by atoms with van der Waals surface area (Å²) in [6, 6.07) is 16.6. The summed E-state index contributed by atoms with van der Waals surface area (Å²) in [7, 11) is 0. The molecule has 2 aromatic rings. The molecular weight excluding hydrogens is 498 g/mol. The first-order chi connectivity index (χ1) is 18.5. The number of fused-ring (bicyclic) bond motifs is 1. The molecule has 2 saturated heterocycles. The molecule has 1 saturated carbocycles. The fourth-order valence-electron chi connectivity index (χ4n) is 6.67. The van der Waals surface area contributed by atoms with Crippen LogP contribution >= 0.6 is 11.8 Å². The van der Waals surface area contributed by atoms with Crippen molar-refractivity contribution in [3.8, 4) is 0 Å². The number of nitrogens with one attached hydrogen (secondary N) is 2. The average molecular weight is 532 g/mol. The minimum Gasteiger partial charge on any atom is -0.359 e. The lowest BCUT2D eigenvalue weighted by Gasteiger charge is -2.34. The van der Waals surface area contributed by atoms with E-state index in [9.17, 15) is 14.4 Å². The molecule has 3 heterocycles. The van der Waals surface area contributed by atoms with E-state index in [1.54, 1.807) is 16.7 Å². The van der Waals surface area contributed by atoms with Gasteiger partial charge >= 0.3 is 0 Å². The number of benzene rings is 2. The number of likely N-dealkylation sites (tertiary alicyclic amines) is 1. The minimum atomic E-state index is -1.15. The van der Waals surface area contributed by atoms with E-state index in [1.807, 2.05) is 73.0 Å². The van der Waals surface area contributed by atoms with Crippen LogP contribution in [0, 0.1) is 11.8 Å². The van der Waals surface area contributed by atoms with Crippen molar-refractivity contribution < 1.29 is 19.1 Å². The molecule has 3 aliphatic heterocycles. The summed E-state index contributed by atoms with van der Waals surface area (Å²) in [5.74, 6) is -2.13. The zero-order valence-electron chi connectivity index (χ0n) is 21.5. The van der Waals surface area contributed by atoms with E-state index in [0.717, 1.165) is 36.1 Å². The Hall–Kier alpha value is -3.10. The highest BCUT2D eigenvalue weighted by Gasteiger charge is 2.72. The maximum atomic E-state index is 14.1. The zero-order chi connectivity index (χ0) is 26.3. The second-order valence-electron chi connectivity index (χ2n) is 10.7. The van der Waals surface area contributed by atoms with E-state index < -0.39 is 29.6 Å². The van der Waals surface area contributed by atoms with Crippen molar-refractivity contribution in [1.82, 2.24) is 10.2 Å². The average Bonchev–Trinajstić information content (AvgIpc) is 3.57. The Kier molecular flexibility index (Phi) is 6.78. The van der Waals surface area contributed by atoms with E-state index in [1.165, 1.54) is 6.42 Å². The first-order valence-electron chi connectivity index (χ1n) is 13.5. The normalized spacial score (nSPS) is 29.9. The lowest BCUT2D eigenvalue weighted by Crippen LogP contribution is -2.56. The SMILES string of the molecule is CSc1cccc(NC(=O)[C@@H]2[C@@H]3C=C[C@]4(O3)[C@@H]2C(=O)N(Cc2ccccc2)[C@H]4C(=O)NC2CCCCC2)c1. The van der Waals surface area contributed by atoms with Crippen LogP contribution in [0.4, 0.5) is 5.69 Å². The Bertz CT molecular complexity index is 1260. The number of ether oxygens (including phenoxy) is 1. The number of hydrogen-bond acceptors (Lipinski definition) is 5. The Morgan fingerprint density at radius 1 is 1.05 bits per heavy atom. The molecule has 8 heteroatoms. The maximum Gasteiger partial charge on any atom is 0.246 e. The number of anilines is 1. The maximum absolute atomic E-state index is 14.1. The molecule has 1 spiro atoms. The highest BCUT2D eigenvalue weighted by Crippen LogP contribution is 2.55. The molecule has 3 fully saturated rings. The summed E-state index contributed by atoms with van der Waals surface area (Å²) in [6.45, 7) is 0.284. The van der Waals surface area contributed by atoms with Crippen molar-refractivity contribution in [2.24, 2.45) is 11.8 Å². The fourth-order valence-corrected chi connectivity index (χ4v) is 7.13. The van der Waals surface area contributed by atoms with Gasteiger partial charge in [-0.3, -0.25) is 14.4 Å². The molecule has 1 aliphatic carbocycles. The van der Waals surface area contributed by atoms with Gasteiger partial charge in [0.15, 0.2) is 0 Å². The van der Waals surface area contributed by atoms with Crippen LogP contribution in [0.2, 0.25) is 0 Å². The molecule has 198 valence electrons. The standard InChI is InChI=1S/C30H33N3O4S/c1-38-22-14-8-13-21(17-22)32-27(34)24-23-15-16-30(37-23)25(24)29(36)33(18-19-9-4-2-5-10-19)26(30)28(35)31-20-11-6-3-7-12-20/h2,4-5,8-10,13-17,20,23-26H,3,6-7,11-12,18H2,1H3,(H,31,35)(H,32,34)/t23-,24+,25-,26-,30-/m0/s1. The van der Waals surface area contributed by atoms with Crippen LogP contribution < -0.4 is 10.6 Å². The van der Waals surface area contributed by atoms with Gasteiger partial charge in [-0.1, -0.05) is 67.8 Å². The van der Waals surface area contributed by atoms with Crippen LogP contribution in [-0.2, 0) is 25.7 Å². The van der Waals surface area contributed by atoms with Gasteiger partial charge in [0.2, 0.25) is 17.7 Å². The van der Waals surface area contributed by atoms with Gasteiger partial charge in [-0.15, -0.1) is 11.8 Å². The number of hydrogen-bond donors (Lipinski definition) is 2. The lowest BCUT2D eigenvalue weighted by molar-refractivity contribution is -0.142. The molecular formula is C30H33N3O4S. The van der Waals surface area contributed by atoms with Gasteiger partial charge in [-0.05, 0) is 42.9 Å². The fraction of sp³-hybridized carbons (Fsp3) is 0.433. The minimum absolute atomic E-state index is 0.103. The second kappa shape index (κ2) is 10.2. The summed E-state index contributed by atoms with van der Waals surface area (Å²) in [5.41, 5.74) is 0.459. The third-order valence-electron chi connectivity index (χ3n) is 8.41. The van der Waals surface area contributed by atoms with Crippen LogP contribution in [0.1, 0.15) is 37.7 Å². The highest BCUT2D eigenvalue weighted by atomic mass is 32.2. The number of thioether (sulfide) groups is 1. The molecule has 0 aromatic heterocycles. The molecule has 2 aromatic carbocycles. The van der Waals surface area contributed by atoms with Gasteiger partial charge in [-0.2, -0.15) is 0 Å². The van der Waals surface area contributed by atoms with E-state index in [4.69, 9.17) is 4.74 Å². The van der Waals surface area contributed by atoms with Crippen LogP contribution in [0.3, 0.4) is 0 Å². The molecule has 2 bridgehead atoms. The van der Waals surface area contributed by atoms with Crippen molar-refractivity contribution in [3.63, 3.8) is 0 Å². The Labute approximate surface area is 227 Å². The largest absolute Gasteiger partial charge is 0.359 e. The Morgan fingerprint density at radius 2 is 1.84 bits per heavy atom. The molecule has 3 amide bonds. The van der Waals surface area contributed by atoms with Crippen molar-refractivity contribution >= 4 is 35.2 Å². The Balaban J connectivity index is 1.31. The number of rotatable bonds is 7. The zero-order valence-corrected chi connectivity index (χ0v) is 22.3. The molecule has 5 atom stereocenters. The summed E-state index contributed by atoms with van der Waals surface area (Å²) < 4.78 is 6.46. The van der Waals surface area contributed by atoms with Gasteiger partial charge in [0.25, 0.3) is 0 Å². The summed E-state index contributed by atoms with van der Waals surface area (Å²) in [4.78, 5) is 44.3. The van der Waals surface area contributed by atoms with E-state index >= 15 is 0 Å². The smallest absolute Gasteiger partial charge is 0.246 e. The van der Waals surface area contributed by atoms with E-state index in [2.05, 4.69) is 10.6 Å². The van der Waals surface area contributed by atoms with Gasteiger partial charge in [0.1, 0.15) is 11.6 Å². The first kappa shape index (κ1) is 25.2. The van der Waals surface area contributed by atoms with Crippen LogP contribution in [0.25, 0.3) is 0 Å². The van der Waals surface area contributed by atoms with E-state index in [0.29, 0.717) is 5.69 Å². The highest BCUT2D eigenvalue weighted by molar-refractivity contribution is 7.98. The van der Waals surface area contributed by atoms with Gasteiger partial charge in [0, 0.05) is 23.2 Å². The first-order valence-corrected chi connectivity index (χ1v) is 14.7. The number of amides is 3. The molecule has 2 N–H and O–H groups in total. The monoisotopic (exact) mass is 531 g/mol. The van der Waals surface area contributed by atoms with Crippen molar-refractivity contribution in [2.45, 2.75) is 67.3 Å². The summed E-state index contributed by atoms with van der Waals surface area (Å²) >= 11 is 1.60. The topological polar surface area (TPSA) is 87.7 Å². The van der Waals surface area contributed by atoms with Gasteiger partial charge in [-0.25, -0.2) is 0 Å². The van der Waals surface area contributed by atoms with Crippen molar-refractivity contribution in [1.29, 1.82) is 0 Å². The van der Waals surface area contributed by atoms with Gasteiger partial charge < -0.3 is 20.3 Å². The van der Waals surface area contributed by atoms with Crippen LogP contribution in [-0.4, -0.2) is 52.7 Å². The number of carbonyl (C=O) groups is 3. The van der Waals surface area contributed by atoms with Crippen molar-refractivity contribution in [2.75, 3.05) is 11.6 Å². The molecule has 6 rings (SSSR count). The Morgan fingerprint density at radius 3 is 2.61 bits per heavy atom. The summed E-state index contributed by atoms with van der Waals surface area (Å²) in [5, 5.41) is 6.24. The van der Waals surface area contributed by atoms with Gasteiger partial charge in [0.05, 0.1) is 17.9 Å². The third-order valence-corrected chi connectivity index (χ3v) is 9.13. The van der Waals surface area contributed by atoms with Crippen molar-refractivity contribution in [3.05, 3.63) is 72.3 Å². The predicted octanol–water partition coefficient (Wildman–Crippen LogP) is 4.15. The van der Waals surface area contributed by atoms with Crippen LogP contribution in [0.15, 0.2) is 71.6 Å². The number of carbonyl (C=O) groups excluding carboxylic acids is 3. The number of nitrogens with zero attached hydrogens (tertiary/aromatic N) is 1. The molecule has 4 aliphatic rings. The summed E-state index contributed by atoms with van der Waals surface area (Å²) in [6.07, 6.45) is 10.4. The second-order valence-corrected chi connectivity index (χ2v) is 11.6.